The molecule has 112 valence electrons. The second kappa shape index (κ2) is 11.0. The molecule has 0 saturated carbocycles. The van der Waals surface area contributed by atoms with Gasteiger partial charge in [0.1, 0.15) is 5.78 Å². The SMILES string of the molecule is CC(C)CCCCCCC(=O)NCCC(=O)C(C)C. The van der Waals surface area contributed by atoms with Crippen LogP contribution in [0.1, 0.15) is 72.6 Å². The summed E-state index contributed by atoms with van der Waals surface area (Å²) in [6, 6.07) is 0. The van der Waals surface area contributed by atoms with E-state index in [0.717, 1.165) is 18.8 Å². The summed E-state index contributed by atoms with van der Waals surface area (Å²) in [7, 11) is 0. The molecule has 0 spiro atoms. The smallest absolute Gasteiger partial charge is 0.220 e. The fraction of sp³-hybridized carbons (Fsp3) is 0.875. The van der Waals surface area contributed by atoms with Gasteiger partial charge in [0.2, 0.25) is 5.91 Å². The number of ketones is 1. The number of Topliss-reactive ketones (excluding diaryl/α,β-unsaturated/α-hetero) is 1. The van der Waals surface area contributed by atoms with Crippen LogP contribution in [-0.2, 0) is 9.59 Å². The van der Waals surface area contributed by atoms with Gasteiger partial charge in [-0.3, -0.25) is 9.59 Å². The van der Waals surface area contributed by atoms with E-state index in [2.05, 4.69) is 19.2 Å². The van der Waals surface area contributed by atoms with E-state index in [0.29, 0.717) is 19.4 Å². The molecule has 0 aromatic carbocycles. The maximum atomic E-state index is 11.5. The van der Waals surface area contributed by atoms with Crippen LogP contribution >= 0.6 is 0 Å². The van der Waals surface area contributed by atoms with E-state index in [9.17, 15) is 9.59 Å². The molecule has 0 aliphatic rings. The number of unbranched alkanes of at least 4 members (excludes halogenated alkanes) is 3. The molecule has 0 aliphatic heterocycles. The molecular weight excluding hydrogens is 238 g/mol. The highest BCUT2D eigenvalue weighted by molar-refractivity contribution is 5.81. The van der Waals surface area contributed by atoms with Crippen LogP contribution in [0.2, 0.25) is 0 Å². The third kappa shape index (κ3) is 11.9. The van der Waals surface area contributed by atoms with Crippen molar-refractivity contribution in [2.24, 2.45) is 11.8 Å². The summed E-state index contributed by atoms with van der Waals surface area (Å²) in [5.74, 6) is 1.15. The minimum absolute atomic E-state index is 0.0675. The molecule has 0 aromatic rings. The quantitative estimate of drug-likeness (QED) is 0.581. The zero-order chi connectivity index (χ0) is 14.7. The topological polar surface area (TPSA) is 46.2 Å². The molecule has 0 aromatic heterocycles. The molecule has 0 rings (SSSR count). The lowest BCUT2D eigenvalue weighted by molar-refractivity contribution is -0.122. The largest absolute Gasteiger partial charge is 0.356 e. The third-order valence-electron chi connectivity index (χ3n) is 3.27. The van der Waals surface area contributed by atoms with E-state index in [-0.39, 0.29) is 17.6 Å². The summed E-state index contributed by atoms with van der Waals surface area (Å²) in [5.41, 5.74) is 0. The van der Waals surface area contributed by atoms with Gasteiger partial charge in [0, 0.05) is 25.3 Å². The zero-order valence-corrected chi connectivity index (χ0v) is 13.1. The highest BCUT2D eigenvalue weighted by atomic mass is 16.1. The molecule has 1 N–H and O–H groups in total. The van der Waals surface area contributed by atoms with E-state index in [1.165, 1.54) is 19.3 Å². The highest BCUT2D eigenvalue weighted by Crippen LogP contribution is 2.10. The summed E-state index contributed by atoms with van der Waals surface area (Å²) in [4.78, 5) is 22.9. The predicted octanol–water partition coefficient (Wildman–Crippen LogP) is 3.71. The molecule has 0 saturated heterocycles. The van der Waals surface area contributed by atoms with Crippen molar-refractivity contribution < 1.29 is 9.59 Å². The van der Waals surface area contributed by atoms with Gasteiger partial charge >= 0.3 is 0 Å². The average molecular weight is 269 g/mol. The Bertz CT molecular complexity index is 259. The maximum Gasteiger partial charge on any atom is 0.220 e. The van der Waals surface area contributed by atoms with Crippen LogP contribution in [0, 0.1) is 11.8 Å². The Hall–Kier alpha value is -0.860. The fourth-order valence-corrected chi connectivity index (χ4v) is 1.89. The Labute approximate surface area is 118 Å². The highest BCUT2D eigenvalue weighted by Gasteiger charge is 2.07. The van der Waals surface area contributed by atoms with Crippen LogP contribution in [0.15, 0.2) is 0 Å². The Morgan fingerprint density at radius 1 is 0.895 bits per heavy atom. The number of amides is 1. The van der Waals surface area contributed by atoms with Crippen LogP contribution in [0.25, 0.3) is 0 Å². The minimum Gasteiger partial charge on any atom is -0.356 e. The van der Waals surface area contributed by atoms with Crippen molar-refractivity contribution in [3.63, 3.8) is 0 Å². The summed E-state index contributed by atoms with van der Waals surface area (Å²) in [6.45, 7) is 8.75. The molecular formula is C16H31NO2. The normalized spacial score (nSPS) is 11.1. The van der Waals surface area contributed by atoms with Gasteiger partial charge in [0.05, 0.1) is 0 Å². The van der Waals surface area contributed by atoms with Crippen molar-refractivity contribution in [2.75, 3.05) is 6.54 Å². The lowest BCUT2D eigenvalue weighted by Gasteiger charge is -2.07. The predicted molar refractivity (Wildman–Crippen MR) is 80.0 cm³/mol. The molecule has 3 heteroatoms. The number of hydrogen-bond acceptors (Lipinski definition) is 2. The number of nitrogens with one attached hydrogen (secondary N) is 1. The molecule has 0 radical (unpaired) electrons. The Morgan fingerprint density at radius 2 is 1.53 bits per heavy atom. The second-order valence-electron chi connectivity index (χ2n) is 6.07. The number of carbonyl (C=O) groups is 2. The van der Waals surface area contributed by atoms with E-state index in [4.69, 9.17) is 0 Å². The first-order valence-electron chi connectivity index (χ1n) is 7.73. The van der Waals surface area contributed by atoms with Crippen molar-refractivity contribution in [1.29, 1.82) is 0 Å². The van der Waals surface area contributed by atoms with Gasteiger partial charge in [-0.25, -0.2) is 0 Å². The molecule has 0 aliphatic carbocycles. The fourth-order valence-electron chi connectivity index (χ4n) is 1.89. The van der Waals surface area contributed by atoms with Gasteiger partial charge in [-0.1, -0.05) is 53.4 Å². The van der Waals surface area contributed by atoms with Gasteiger partial charge in [0.25, 0.3) is 0 Å². The van der Waals surface area contributed by atoms with Gasteiger partial charge in [0.15, 0.2) is 0 Å². The van der Waals surface area contributed by atoms with Gasteiger partial charge in [-0.15, -0.1) is 0 Å². The lowest BCUT2D eigenvalue weighted by Crippen LogP contribution is -2.26. The van der Waals surface area contributed by atoms with Crippen LogP contribution < -0.4 is 5.32 Å². The van der Waals surface area contributed by atoms with Crippen LogP contribution in [0.5, 0.6) is 0 Å². The van der Waals surface area contributed by atoms with E-state index in [1.807, 2.05) is 13.8 Å². The standard InChI is InChI=1S/C16H31NO2/c1-13(2)9-7-5-6-8-10-16(19)17-12-11-15(18)14(3)4/h13-14H,5-12H2,1-4H3,(H,17,19). The van der Waals surface area contributed by atoms with Crippen molar-refractivity contribution in [3.05, 3.63) is 0 Å². The van der Waals surface area contributed by atoms with Crippen molar-refractivity contribution in [3.8, 4) is 0 Å². The third-order valence-corrected chi connectivity index (χ3v) is 3.27. The molecule has 0 heterocycles. The van der Waals surface area contributed by atoms with E-state index >= 15 is 0 Å². The summed E-state index contributed by atoms with van der Waals surface area (Å²) in [6.07, 6.45) is 6.91. The van der Waals surface area contributed by atoms with E-state index < -0.39 is 0 Å². The Balaban J connectivity index is 3.38. The van der Waals surface area contributed by atoms with Crippen LogP contribution in [0.4, 0.5) is 0 Å². The van der Waals surface area contributed by atoms with Crippen molar-refractivity contribution in [1.82, 2.24) is 5.32 Å². The van der Waals surface area contributed by atoms with Crippen molar-refractivity contribution in [2.45, 2.75) is 72.6 Å². The van der Waals surface area contributed by atoms with E-state index in [1.54, 1.807) is 0 Å². The summed E-state index contributed by atoms with van der Waals surface area (Å²) < 4.78 is 0. The Kier molecular flexibility index (Phi) is 10.5. The first-order valence-corrected chi connectivity index (χ1v) is 7.73. The second-order valence-corrected chi connectivity index (χ2v) is 6.07. The molecule has 0 unspecified atom stereocenters. The van der Waals surface area contributed by atoms with Crippen LogP contribution in [-0.4, -0.2) is 18.2 Å². The number of hydrogen-bond donors (Lipinski definition) is 1. The summed E-state index contributed by atoms with van der Waals surface area (Å²) >= 11 is 0. The van der Waals surface area contributed by atoms with Gasteiger partial charge in [-0.2, -0.15) is 0 Å². The van der Waals surface area contributed by atoms with Gasteiger partial charge in [-0.05, 0) is 12.3 Å². The number of carbonyl (C=O) groups excluding carboxylic acids is 2. The first-order chi connectivity index (χ1) is 8.93. The monoisotopic (exact) mass is 269 g/mol. The number of rotatable bonds is 11. The van der Waals surface area contributed by atoms with Gasteiger partial charge < -0.3 is 5.32 Å². The summed E-state index contributed by atoms with van der Waals surface area (Å²) in [5, 5.41) is 2.82. The molecule has 0 fully saturated rings. The Morgan fingerprint density at radius 3 is 2.11 bits per heavy atom. The maximum absolute atomic E-state index is 11.5. The molecule has 3 nitrogen and oxygen atoms in total. The molecule has 0 bridgehead atoms. The van der Waals surface area contributed by atoms with Crippen LogP contribution in [0.3, 0.4) is 0 Å². The average Bonchev–Trinajstić information content (AvgIpc) is 2.32. The molecule has 0 atom stereocenters. The zero-order valence-electron chi connectivity index (χ0n) is 13.1. The first kappa shape index (κ1) is 18.1. The van der Waals surface area contributed by atoms with Crippen molar-refractivity contribution >= 4 is 11.7 Å². The lowest BCUT2D eigenvalue weighted by atomic mass is 10.0. The minimum atomic E-state index is 0.0675. The molecule has 1 amide bonds. The molecule has 19 heavy (non-hydrogen) atoms.